The van der Waals surface area contributed by atoms with E-state index < -0.39 is 0 Å². The Morgan fingerprint density at radius 1 is 1.23 bits per heavy atom. The van der Waals surface area contributed by atoms with E-state index in [1.807, 2.05) is 18.0 Å². The van der Waals surface area contributed by atoms with Crippen LogP contribution in [0.4, 0.5) is 0 Å². The van der Waals surface area contributed by atoms with Crippen LogP contribution in [0, 0.1) is 6.92 Å². The highest BCUT2D eigenvalue weighted by atomic mass is 32.1. The Hall–Kier alpha value is -1.73. The zero-order chi connectivity index (χ0) is 18.1. The van der Waals surface area contributed by atoms with Gasteiger partial charge in [-0.2, -0.15) is 0 Å². The highest BCUT2D eigenvalue weighted by Gasteiger charge is 2.26. The van der Waals surface area contributed by atoms with Gasteiger partial charge in [0.05, 0.1) is 5.69 Å². The molecule has 2 aromatic rings. The summed E-state index contributed by atoms with van der Waals surface area (Å²) in [6.45, 7) is 5.54. The van der Waals surface area contributed by atoms with Crippen LogP contribution in [-0.4, -0.2) is 50.8 Å². The number of piperidine rings is 1. The van der Waals surface area contributed by atoms with Crippen LogP contribution in [0.15, 0.2) is 17.1 Å². The molecule has 0 bridgehead atoms. The van der Waals surface area contributed by atoms with Gasteiger partial charge in [0.2, 0.25) is 5.91 Å². The molecule has 1 amide bonds. The van der Waals surface area contributed by atoms with E-state index in [4.69, 9.17) is 4.98 Å². The van der Waals surface area contributed by atoms with Gasteiger partial charge in [-0.3, -0.25) is 18.9 Å². The van der Waals surface area contributed by atoms with Crippen LogP contribution in [0.5, 0.6) is 0 Å². The number of likely N-dealkylation sites (tertiary alicyclic amines) is 2. The molecule has 4 heterocycles. The van der Waals surface area contributed by atoms with Crippen molar-refractivity contribution >= 4 is 22.2 Å². The number of hydrogen-bond donors (Lipinski definition) is 0. The van der Waals surface area contributed by atoms with Crippen LogP contribution in [0.25, 0.3) is 4.96 Å². The molecule has 26 heavy (non-hydrogen) atoms. The van der Waals surface area contributed by atoms with Crippen molar-refractivity contribution < 1.29 is 4.79 Å². The molecule has 0 radical (unpaired) electrons. The lowest BCUT2D eigenvalue weighted by Gasteiger charge is -2.36. The smallest absolute Gasteiger partial charge is 0.258 e. The first-order valence-corrected chi connectivity index (χ1v) is 10.4. The average molecular weight is 375 g/mol. The molecule has 0 aliphatic carbocycles. The molecule has 0 aromatic carbocycles. The number of fused-ring (bicyclic) bond motifs is 1. The molecule has 0 spiro atoms. The van der Waals surface area contributed by atoms with Gasteiger partial charge in [0, 0.05) is 49.2 Å². The Balaban J connectivity index is 1.46. The molecule has 0 N–H and O–H groups in total. The highest BCUT2D eigenvalue weighted by Crippen LogP contribution is 2.23. The average Bonchev–Trinajstić information content (AvgIpc) is 3.19. The van der Waals surface area contributed by atoms with Gasteiger partial charge in [-0.1, -0.05) is 6.42 Å². The fraction of sp³-hybridized carbons (Fsp3) is 0.632. The summed E-state index contributed by atoms with van der Waals surface area (Å²) in [6.07, 6.45) is 8.19. The number of aryl methyl sites for hydroxylation is 1. The van der Waals surface area contributed by atoms with Crippen molar-refractivity contribution in [2.24, 2.45) is 0 Å². The molecule has 0 saturated carbocycles. The third kappa shape index (κ3) is 3.69. The van der Waals surface area contributed by atoms with E-state index in [-0.39, 0.29) is 5.56 Å². The van der Waals surface area contributed by atoms with E-state index >= 15 is 0 Å². The summed E-state index contributed by atoms with van der Waals surface area (Å²) in [4.78, 5) is 35.2. The van der Waals surface area contributed by atoms with Crippen LogP contribution >= 0.6 is 11.3 Å². The van der Waals surface area contributed by atoms with Gasteiger partial charge in [-0.05, 0) is 39.2 Å². The first-order valence-electron chi connectivity index (χ1n) is 9.61. The topological polar surface area (TPSA) is 57.9 Å². The highest BCUT2D eigenvalue weighted by molar-refractivity contribution is 7.16. The normalized spacial score (nSPS) is 21.8. The molecule has 7 heteroatoms. The molecular formula is C19H26N4O2S. The lowest BCUT2D eigenvalue weighted by atomic mass is 9.99. The van der Waals surface area contributed by atoms with Crippen LogP contribution in [0.2, 0.25) is 0 Å². The molecule has 2 aliphatic rings. The monoisotopic (exact) mass is 374 g/mol. The number of rotatable bonds is 5. The molecular weight excluding hydrogens is 348 g/mol. The standard InChI is InChI=1S/C19H26N4O2S/c1-14-12-23-18(25)11-15(20-19(23)26-14)13-22-8-3-2-5-16(22)7-10-21-9-4-6-17(21)24/h11-12,16H,2-10,13H2,1H3/t16-/m1/s1. The molecule has 1 atom stereocenters. The summed E-state index contributed by atoms with van der Waals surface area (Å²) in [5.41, 5.74) is 0.867. The number of amides is 1. The number of carbonyl (C=O) groups is 1. The summed E-state index contributed by atoms with van der Waals surface area (Å²) in [6, 6.07) is 2.15. The first-order chi connectivity index (χ1) is 12.6. The number of aromatic nitrogens is 2. The molecule has 2 saturated heterocycles. The maximum atomic E-state index is 12.3. The second kappa shape index (κ2) is 7.48. The van der Waals surface area contributed by atoms with Crippen molar-refractivity contribution in [3.63, 3.8) is 0 Å². The Bertz CT molecular complexity index is 859. The van der Waals surface area contributed by atoms with E-state index in [0.29, 0.717) is 18.4 Å². The van der Waals surface area contributed by atoms with E-state index in [9.17, 15) is 9.59 Å². The summed E-state index contributed by atoms with van der Waals surface area (Å²) in [7, 11) is 0. The van der Waals surface area contributed by atoms with Gasteiger partial charge in [-0.15, -0.1) is 11.3 Å². The van der Waals surface area contributed by atoms with Gasteiger partial charge in [0.15, 0.2) is 4.96 Å². The Morgan fingerprint density at radius 2 is 2.12 bits per heavy atom. The molecule has 0 unspecified atom stereocenters. The van der Waals surface area contributed by atoms with Crippen molar-refractivity contribution in [1.29, 1.82) is 0 Å². The van der Waals surface area contributed by atoms with Gasteiger partial charge >= 0.3 is 0 Å². The third-order valence-corrected chi connectivity index (χ3v) is 6.45. The number of hydrogen-bond acceptors (Lipinski definition) is 5. The maximum Gasteiger partial charge on any atom is 0.258 e. The van der Waals surface area contributed by atoms with Crippen LogP contribution in [0.3, 0.4) is 0 Å². The minimum Gasteiger partial charge on any atom is -0.343 e. The van der Waals surface area contributed by atoms with Crippen molar-refractivity contribution in [1.82, 2.24) is 19.2 Å². The van der Waals surface area contributed by atoms with Gasteiger partial charge in [0.25, 0.3) is 5.56 Å². The summed E-state index contributed by atoms with van der Waals surface area (Å²) < 4.78 is 1.64. The van der Waals surface area contributed by atoms with Crippen LogP contribution < -0.4 is 5.56 Å². The number of thiazole rings is 1. The predicted octanol–water partition coefficient (Wildman–Crippen LogP) is 2.43. The SMILES string of the molecule is Cc1cn2c(=O)cc(CN3CCCC[C@@H]3CCN3CCCC3=O)nc2s1. The fourth-order valence-electron chi connectivity index (χ4n) is 4.19. The number of carbonyl (C=O) groups excluding carboxylic acids is 1. The minimum atomic E-state index is 0.00516. The van der Waals surface area contributed by atoms with E-state index in [1.54, 1.807) is 21.8 Å². The zero-order valence-electron chi connectivity index (χ0n) is 15.3. The van der Waals surface area contributed by atoms with Crippen molar-refractivity contribution in [2.75, 3.05) is 19.6 Å². The Labute approximate surface area is 157 Å². The lowest BCUT2D eigenvalue weighted by molar-refractivity contribution is -0.127. The van der Waals surface area contributed by atoms with Crippen molar-refractivity contribution in [3.05, 3.63) is 33.2 Å². The molecule has 6 nitrogen and oxygen atoms in total. The van der Waals surface area contributed by atoms with Gasteiger partial charge in [0.1, 0.15) is 0 Å². The summed E-state index contributed by atoms with van der Waals surface area (Å²) in [5.74, 6) is 0.306. The zero-order valence-corrected chi connectivity index (χ0v) is 16.1. The second-order valence-electron chi connectivity index (χ2n) is 7.47. The lowest BCUT2D eigenvalue weighted by Crippen LogP contribution is -2.41. The van der Waals surface area contributed by atoms with Crippen LogP contribution in [-0.2, 0) is 11.3 Å². The van der Waals surface area contributed by atoms with E-state index in [0.717, 1.165) is 54.6 Å². The molecule has 140 valence electrons. The fourth-order valence-corrected chi connectivity index (χ4v) is 5.04. The third-order valence-electron chi connectivity index (χ3n) is 5.55. The molecule has 2 aromatic heterocycles. The molecule has 2 aliphatic heterocycles. The van der Waals surface area contributed by atoms with Crippen molar-refractivity contribution in [2.45, 2.75) is 58.0 Å². The summed E-state index contributed by atoms with van der Waals surface area (Å²) >= 11 is 1.56. The second-order valence-corrected chi connectivity index (χ2v) is 8.69. The Morgan fingerprint density at radius 3 is 2.92 bits per heavy atom. The largest absolute Gasteiger partial charge is 0.343 e. The van der Waals surface area contributed by atoms with E-state index in [1.165, 1.54) is 19.3 Å². The van der Waals surface area contributed by atoms with E-state index in [2.05, 4.69) is 4.90 Å². The predicted molar refractivity (Wildman–Crippen MR) is 103 cm³/mol. The minimum absolute atomic E-state index is 0.00516. The number of nitrogens with zero attached hydrogens (tertiary/aromatic N) is 4. The first kappa shape index (κ1) is 17.7. The Kier molecular flexibility index (Phi) is 5.09. The van der Waals surface area contributed by atoms with Gasteiger partial charge in [-0.25, -0.2) is 4.98 Å². The molecule has 4 rings (SSSR count). The quantitative estimate of drug-likeness (QED) is 0.807. The molecule has 2 fully saturated rings. The van der Waals surface area contributed by atoms with Crippen molar-refractivity contribution in [3.8, 4) is 0 Å². The maximum absolute atomic E-state index is 12.3. The van der Waals surface area contributed by atoms with Gasteiger partial charge < -0.3 is 4.90 Å². The summed E-state index contributed by atoms with van der Waals surface area (Å²) in [5, 5.41) is 0. The van der Waals surface area contributed by atoms with Crippen LogP contribution in [0.1, 0.15) is 49.1 Å².